The summed E-state index contributed by atoms with van der Waals surface area (Å²) in [6, 6.07) is 0. The smallest absolute Gasteiger partial charge is 0.280 e. The van der Waals surface area contributed by atoms with E-state index in [0.717, 1.165) is 96.3 Å². The molecule has 0 fully saturated rings. The molecule has 5 heteroatoms. The summed E-state index contributed by atoms with van der Waals surface area (Å²) in [7, 11) is -3.80. The van der Waals surface area contributed by atoms with Gasteiger partial charge in [-0.05, 0) is 57.8 Å². The average Bonchev–Trinajstić information content (AvgIpc) is 2.82. The number of hydrogen-bond acceptors (Lipinski definition) is 4. The van der Waals surface area contributed by atoms with Crippen molar-refractivity contribution < 1.29 is 18.1 Å². The number of phosphoric acid groups is 1. The van der Waals surface area contributed by atoms with Crippen LogP contribution in [0.15, 0.2) is 0 Å². The molecule has 0 aliphatic carbocycles. The van der Waals surface area contributed by atoms with Crippen molar-refractivity contribution in [2.75, 3.05) is 0 Å². The van der Waals surface area contributed by atoms with Gasteiger partial charge >= 0.3 is 7.82 Å². The van der Waals surface area contributed by atoms with Crippen LogP contribution in [0.1, 0.15) is 159 Å². The fourth-order valence-corrected chi connectivity index (χ4v) is 7.18. The monoisotopic (exact) mass is 476 g/mol. The van der Waals surface area contributed by atoms with E-state index in [4.69, 9.17) is 13.6 Å². The molecular weight excluding hydrogens is 419 g/mol. The van der Waals surface area contributed by atoms with Crippen LogP contribution in [0.5, 0.6) is 0 Å². The standard InChI is InChI=1S/C27H57O4P/c1-10-19-22-25(13-4,14-5)29-32(28,30-26(15-6,16-7)23-20-11-2)31-27(17-8,18-9)24-21-12-3/h10-24H2,1-9H3. The van der Waals surface area contributed by atoms with Crippen molar-refractivity contribution in [3.05, 3.63) is 0 Å². The predicted octanol–water partition coefficient (Wildman–Crippen LogP) is 10.4. The fourth-order valence-electron chi connectivity index (χ4n) is 4.60. The van der Waals surface area contributed by atoms with Gasteiger partial charge in [-0.25, -0.2) is 4.57 Å². The first-order valence-corrected chi connectivity index (χ1v) is 15.3. The van der Waals surface area contributed by atoms with Crippen molar-refractivity contribution in [3.63, 3.8) is 0 Å². The van der Waals surface area contributed by atoms with Crippen LogP contribution in [-0.4, -0.2) is 16.8 Å². The lowest BCUT2D eigenvalue weighted by Gasteiger charge is -2.43. The van der Waals surface area contributed by atoms with Crippen LogP contribution in [-0.2, 0) is 18.1 Å². The first kappa shape index (κ1) is 32.1. The molecule has 0 rings (SSSR count). The van der Waals surface area contributed by atoms with Crippen LogP contribution in [0, 0.1) is 0 Å². The molecule has 0 bridgehead atoms. The maximum absolute atomic E-state index is 14.6. The van der Waals surface area contributed by atoms with Gasteiger partial charge in [0.2, 0.25) is 0 Å². The lowest BCUT2D eigenvalue weighted by Crippen LogP contribution is -2.38. The molecule has 0 amide bonds. The molecule has 0 unspecified atom stereocenters. The topological polar surface area (TPSA) is 44.8 Å². The highest BCUT2D eigenvalue weighted by molar-refractivity contribution is 7.48. The maximum Gasteiger partial charge on any atom is 0.476 e. The van der Waals surface area contributed by atoms with E-state index in [0.29, 0.717) is 0 Å². The Kier molecular flexibility index (Phi) is 16.0. The molecule has 0 aliphatic rings. The van der Waals surface area contributed by atoms with Gasteiger partial charge in [0, 0.05) is 0 Å². The third-order valence-corrected chi connectivity index (χ3v) is 9.57. The minimum absolute atomic E-state index is 0.471. The molecule has 0 saturated carbocycles. The maximum atomic E-state index is 14.6. The zero-order valence-corrected chi connectivity index (χ0v) is 24.1. The van der Waals surface area contributed by atoms with E-state index in [1.54, 1.807) is 0 Å². The minimum atomic E-state index is -3.80. The summed E-state index contributed by atoms with van der Waals surface area (Å²) >= 11 is 0. The van der Waals surface area contributed by atoms with E-state index in [9.17, 15) is 4.57 Å². The van der Waals surface area contributed by atoms with E-state index in [-0.39, 0.29) is 0 Å². The van der Waals surface area contributed by atoms with E-state index in [1.807, 2.05) is 0 Å². The Morgan fingerprint density at radius 2 is 0.688 bits per heavy atom. The first-order valence-electron chi connectivity index (χ1n) is 13.9. The highest BCUT2D eigenvalue weighted by Crippen LogP contribution is 2.62. The summed E-state index contributed by atoms with van der Waals surface area (Å²) in [5.41, 5.74) is -1.41. The van der Waals surface area contributed by atoms with Crippen LogP contribution in [0.4, 0.5) is 0 Å². The fraction of sp³-hybridized carbons (Fsp3) is 1.00. The molecule has 0 atom stereocenters. The average molecular weight is 477 g/mol. The van der Waals surface area contributed by atoms with E-state index >= 15 is 0 Å². The van der Waals surface area contributed by atoms with Crippen molar-refractivity contribution in [2.45, 2.75) is 175 Å². The van der Waals surface area contributed by atoms with Gasteiger partial charge in [0.1, 0.15) is 0 Å². The molecule has 32 heavy (non-hydrogen) atoms. The summed E-state index contributed by atoms with van der Waals surface area (Å²) in [4.78, 5) is 0. The molecule has 0 heterocycles. The van der Waals surface area contributed by atoms with Gasteiger partial charge in [0.25, 0.3) is 0 Å². The Bertz CT molecular complexity index is 436. The van der Waals surface area contributed by atoms with Crippen molar-refractivity contribution in [3.8, 4) is 0 Å². The summed E-state index contributed by atoms with van der Waals surface area (Å²) in [6.45, 7) is 19.4. The Morgan fingerprint density at radius 1 is 0.469 bits per heavy atom. The predicted molar refractivity (Wildman–Crippen MR) is 139 cm³/mol. The third kappa shape index (κ3) is 9.77. The quantitative estimate of drug-likeness (QED) is 0.155. The Hall–Kier alpha value is 0.110. The van der Waals surface area contributed by atoms with Crippen LogP contribution in [0.25, 0.3) is 0 Å². The van der Waals surface area contributed by atoms with Crippen LogP contribution < -0.4 is 0 Å². The van der Waals surface area contributed by atoms with Crippen molar-refractivity contribution in [2.24, 2.45) is 0 Å². The number of rotatable bonds is 21. The molecule has 0 aromatic rings. The Labute approximate surface area is 201 Å². The van der Waals surface area contributed by atoms with Crippen molar-refractivity contribution in [1.82, 2.24) is 0 Å². The third-order valence-electron chi connectivity index (χ3n) is 7.74. The lowest BCUT2D eigenvalue weighted by atomic mass is 9.91. The summed E-state index contributed by atoms with van der Waals surface area (Å²) in [5.74, 6) is 0. The summed E-state index contributed by atoms with van der Waals surface area (Å²) in [6.07, 6.45) is 13.9. The molecule has 0 N–H and O–H groups in total. The number of unbranched alkanes of at least 4 members (excludes halogenated alkanes) is 3. The molecule has 194 valence electrons. The van der Waals surface area contributed by atoms with Crippen molar-refractivity contribution in [1.29, 1.82) is 0 Å². The molecule has 4 nitrogen and oxygen atoms in total. The van der Waals surface area contributed by atoms with Crippen LogP contribution >= 0.6 is 7.82 Å². The molecule has 0 saturated heterocycles. The van der Waals surface area contributed by atoms with E-state index in [2.05, 4.69) is 62.3 Å². The molecular formula is C27H57O4P. The molecule has 0 aromatic heterocycles. The second kappa shape index (κ2) is 15.9. The van der Waals surface area contributed by atoms with Gasteiger partial charge < -0.3 is 0 Å². The van der Waals surface area contributed by atoms with Crippen molar-refractivity contribution >= 4 is 7.82 Å². The molecule has 0 aliphatic heterocycles. The van der Waals surface area contributed by atoms with Crippen LogP contribution in [0.3, 0.4) is 0 Å². The zero-order valence-electron chi connectivity index (χ0n) is 23.2. The molecule has 0 aromatic carbocycles. The normalized spacial score (nSPS) is 13.7. The first-order chi connectivity index (χ1) is 15.2. The van der Waals surface area contributed by atoms with E-state index in [1.165, 1.54) is 0 Å². The van der Waals surface area contributed by atoms with Gasteiger partial charge in [0.15, 0.2) is 0 Å². The second-order valence-corrected chi connectivity index (χ2v) is 11.1. The zero-order chi connectivity index (χ0) is 24.7. The minimum Gasteiger partial charge on any atom is -0.280 e. The highest BCUT2D eigenvalue weighted by atomic mass is 31.2. The number of phosphoric ester groups is 1. The van der Waals surface area contributed by atoms with Gasteiger partial charge in [-0.15, -0.1) is 0 Å². The Morgan fingerprint density at radius 3 is 0.844 bits per heavy atom. The highest BCUT2D eigenvalue weighted by Gasteiger charge is 2.48. The van der Waals surface area contributed by atoms with Gasteiger partial charge in [-0.2, -0.15) is 0 Å². The van der Waals surface area contributed by atoms with Gasteiger partial charge in [-0.1, -0.05) is 101 Å². The van der Waals surface area contributed by atoms with Crippen LogP contribution in [0.2, 0.25) is 0 Å². The number of hydrogen-bond donors (Lipinski definition) is 0. The summed E-state index contributed by atoms with van der Waals surface area (Å²) in [5, 5.41) is 0. The molecule has 0 spiro atoms. The van der Waals surface area contributed by atoms with Gasteiger partial charge in [0.05, 0.1) is 16.8 Å². The van der Waals surface area contributed by atoms with E-state index < -0.39 is 24.6 Å². The largest absolute Gasteiger partial charge is 0.476 e. The summed E-state index contributed by atoms with van der Waals surface area (Å²) < 4.78 is 34.5. The lowest BCUT2D eigenvalue weighted by molar-refractivity contribution is -0.0820. The Balaban J connectivity index is 6.31. The molecule has 0 radical (unpaired) electrons. The second-order valence-electron chi connectivity index (χ2n) is 9.70. The van der Waals surface area contributed by atoms with Gasteiger partial charge in [-0.3, -0.25) is 13.6 Å². The SMILES string of the molecule is CCCCC(CC)(CC)OP(=O)(OC(CC)(CC)CCCC)OC(CC)(CC)CCCC.